The fourth-order valence-electron chi connectivity index (χ4n) is 3.55. The zero-order valence-corrected chi connectivity index (χ0v) is 14.2. The summed E-state index contributed by atoms with van der Waals surface area (Å²) in [5.41, 5.74) is 0. The Morgan fingerprint density at radius 1 is 1.17 bits per heavy atom. The number of likely N-dealkylation sites (N-methyl/N-ethyl adjacent to an activating group) is 1. The third-order valence-electron chi connectivity index (χ3n) is 4.96. The van der Waals surface area contributed by atoms with Gasteiger partial charge in [-0.05, 0) is 25.2 Å². The first kappa shape index (κ1) is 16.0. The standard InChI is InChI=1S/C17H27N5O/c1-3-5-14-6-4-7-21(11-14)15-10-16(19-13-18-15)22-9-8-20(2)17(23)12-22/h10,13-14H,3-9,11-12H2,1-2H3. The summed E-state index contributed by atoms with van der Waals surface area (Å²) >= 11 is 0. The van der Waals surface area contributed by atoms with Crippen LogP contribution >= 0.6 is 0 Å². The number of hydrogen-bond acceptors (Lipinski definition) is 5. The predicted octanol–water partition coefficient (Wildman–Crippen LogP) is 1.77. The van der Waals surface area contributed by atoms with Crippen LogP contribution in [0.1, 0.15) is 32.6 Å². The van der Waals surface area contributed by atoms with Gasteiger partial charge in [0, 0.05) is 39.3 Å². The molecule has 0 bridgehead atoms. The van der Waals surface area contributed by atoms with Gasteiger partial charge >= 0.3 is 0 Å². The van der Waals surface area contributed by atoms with Crippen LogP contribution < -0.4 is 9.80 Å². The van der Waals surface area contributed by atoms with Crippen molar-refractivity contribution >= 4 is 17.5 Å². The summed E-state index contributed by atoms with van der Waals surface area (Å²) in [6.07, 6.45) is 6.74. The van der Waals surface area contributed by atoms with Crippen molar-refractivity contribution in [2.75, 3.05) is 49.6 Å². The molecule has 0 spiro atoms. The molecule has 2 fully saturated rings. The molecule has 0 aliphatic carbocycles. The minimum absolute atomic E-state index is 0.150. The normalized spacial score (nSPS) is 22.6. The van der Waals surface area contributed by atoms with Crippen LogP contribution in [0.25, 0.3) is 0 Å². The van der Waals surface area contributed by atoms with Crippen LogP contribution in [0.5, 0.6) is 0 Å². The molecule has 1 unspecified atom stereocenters. The van der Waals surface area contributed by atoms with E-state index in [0.29, 0.717) is 6.54 Å². The highest BCUT2D eigenvalue weighted by Crippen LogP contribution is 2.26. The monoisotopic (exact) mass is 317 g/mol. The van der Waals surface area contributed by atoms with Gasteiger partial charge in [-0.25, -0.2) is 9.97 Å². The fraction of sp³-hybridized carbons (Fsp3) is 0.706. The van der Waals surface area contributed by atoms with Gasteiger partial charge in [0.05, 0.1) is 6.54 Å². The Morgan fingerprint density at radius 3 is 2.70 bits per heavy atom. The first-order chi connectivity index (χ1) is 11.2. The molecular weight excluding hydrogens is 290 g/mol. The van der Waals surface area contributed by atoms with Crippen LogP contribution in [0.15, 0.2) is 12.4 Å². The molecule has 3 rings (SSSR count). The number of hydrogen-bond donors (Lipinski definition) is 0. The second-order valence-electron chi connectivity index (χ2n) is 6.71. The van der Waals surface area contributed by atoms with Crippen molar-refractivity contribution in [1.29, 1.82) is 0 Å². The maximum atomic E-state index is 11.9. The molecule has 6 nitrogen and oxygen atoms in total. The van der Waals surface area contributed by atoms with E-state index in [1.54, 1.807) is 11.2 Å². The van der Waals surface area contributed by atoms with Gasteiger partial charge in [-0.2, -0.15) is 0 Å². The van der Waals surface area contributed by atoms with E-state index in [2.05, 4.69) is 26.7 Å². The molecule has 126 valence electrons. The topological polar surface area (TPSA) is 52.6 Å². The van der Waals surface area contributed by atoms with Crippen molar-refractivity contribution in [2.24, 2.45) is 5.92 Å². The average Bonchev–Trinajstić information content (AvgIpc) is 2.58. The number of anilines is 2. The zero-order valence-electron chi connectivity index (χ0n) is 14.2. The van der Waals surface area contributed by atoms with Gasteiger partial charge < -0.3 is 14.7 Å². The molecule has 0 radical (unpaired) electrons. The van der Waals surface area contributed by atoms with Crippen molar-refractivity contribution in [2.45, 2.75) is 32.6 Å². The van der Waals surface area contributed by atoms with Gasteiger partial charge in [0.1, 0.15) is 18.0 Å². The summed E-state index contributed by atoms with van der Waals surface area (Å²) in [6.45, 7) is 6.40. The average molecular weight is 317 g/mol. The van der Waals surface area contributed by atoms with E-state index in [-0.39, 0.29) is 5.91 Å². The van der Waals surface area contributed by atoms with Crippen molar-refractivity contribution < 1.29 is 4.79 Å². The van der Waals surface area contributed by atoms with Crippen molar-refractivity contribution in [1.82, 2.24) is 14.9 Å². The van der Waals surface area contributed by atoms with Gasteiger partial charge in [-0.3, -0.25) is 4.79 Å². The van der Waals surface area contributed by atoms with Crippen molar-refractivity contribution in [3.63, 3.8) is 0 Å². The predicted molar refractivity (Wildman–Crippen MR) is 91.7 cm³/mol. The lowest BCUT2D eigenvalue weighted by molar-refractivity contribution is -0.129. The molecule has 0 aromatic carbocycles. The van der Waals surface area contributed by atoms with E-state index in [0.717, 1.165) is 43.7 Å². The largest absolute Gasteiger partial charge is 0.356 e. The second kappa shape index (κ2) is 7.15. The molecule has 1 amide bonds. The summed E-state index contributed by atoms with van der Waals surface area (Å²) < 4.78 is 0. The molecule has 2 aliphatic heterocycles. The molecule has 2 saturated heterocycles. The number of amides is 1. The Hall–Kier alpha value is -1.85. The maximum absolute atomic E-state index is 11.9. The smallest absolute Gasteiger partial charge is 0.241 e. The SMILES string of the molecule is CCCC1CCCN(c2cc(N3CCN(C)C(=O)C3)ncn2)C1. The molecule has 23 heavy (non-hydrogen) atoms. The lowest BCUT2D eigenvalue weighted by Crippen LogP contribution is -2.49. The van der Waals surface area contributed by atoms with Gasteiger partial charge in [0.2, 0.25) is 5.91 Å². The maximum Gasteiger partial charge on any atom is 0.241 e. The Bertz CT molecular complexity index is 548. The minimum atomic E-state index is 0.150. The van der Waals surface area contributed by atoms with Crippen LogP contribution in [0, 0.1) is 5.92 Å². The first-order valence-electron chi connectivity index (χ1n) is 8.73. The molecule has 0 N–H and O–H groups in total. The number of carbonyl (C=O) groups excluding carboxylic acids is 1. The lowest BCUT2D eigenvalue weighted by atomic mass is 9.94. The van der Waals surface area contributed by atoms with Crippen LogP contribution in [-0.2, 0) is 4.79 Å². The summed E-state index contributed by atoms with van der Waals surface area (Å²) in [5.74, 6) is 2.80. The van der Waals surface area contributed by atoms with Gasteiger partial charge in [-0.1, -0.05) is 13.3 Å². The number of piperidine rings is 1. The highest BCUT2D eigenvalue weighted by molar-refractivity contribution is 5.82. The fourth-order valence-corrected chi connectivity index (χ4v) is 3.55. The molecule has 1 aromatic heterocycles. The Labute approximate surface area is 138 Å². The molecule has 0 saturated carbocycles. The second-order valence-corrected chi connectivity index (χ2v) is 6.71. The molecular formula is C17H27N5O. The summed E-state index contributed by atoms with van der Waals surface area (Å²) in [4.78, 5) is 27.0. The Morgan fingerprint density at radius 2 is 1.96 bits per heavy atom. The highest BCUT2D eigenvalue weighted by atomic mass is 16.2. The zero-order chi connectivity index (χ0) is 16.2. The van der Waals surface area contributed by atoms with E-state index >= 15 is 0 Å². The first-order valence-corrected chi connectivity index (χ1v) is 8.73. The quantitative estimate of drug-likeness (QED) is 0.847. The molecule has 2 aliphatic rings. The summed E-state index contributed by atoms with van der Waals surface area (Å²) in [6, 6.07) is 2.05. The van der Waals surface area contributed by atoms with Crippen LogP contribution in [-0.4, -0.2) is 60.5 Å². The van der Waals surface area contributed by atoms with E-state index in [4.69, 9.17) is 0 Å². The number of piperazine rings is 1. The van der Waals surface area contributed by atoms with E-state index in [1.807, 2.05) is 13.1 Å². The summed E-state index contributed by atoms with van der Waals surface area (Å²) in [5, 5.41) is 0. The van der Waals surface area contributed by atoms with Crippen molar-refractivity contribution in [3.8, 4) is 0 Å². The number of aromatic nitrogens is 2. The Kier molecular flexibility index (Phi) is 4.98. The van der Waals surface area contributed by atoms with Gasteiger partial charge in [0.15, 0.2) is 0 Å². The van der Waals surface area contributed by atoms with Gasteiger partial charge in [-0.15, -0.1) is 0 Å². The highest BCUT2D eigenvalue weighted by Gasteiger charge is 2.24. The van der Waals surface area contributed by atoms with E-state index in [1.165, 1.54) is 25.7 Å². The lowest BCUT2D eigenvalue weighted by Gasteiger charge is -2.35. The molecule has 3 heterocycles. The number of rotatable bonds is 4. The van der Waals surface area contributed by atoms with Crippen LogP contribution in [0.2, 0.25) is 0 Å². The van der Waals surface area contributed by atoms with Gasteiger partial charge in [0.25, 0.3) is 0 Å². The number of nitrogens with zero attached hydrogens (tertiary/aromatic N) is 5. The van der Waals surface area contributed by atoms with Crippen molar-refractivity contribution in [3.05, 3.63) is 12.4 Å². The van der Waals surface area contributed by atoms with Crippen LogP contribution in [0.4, 0.5) is 11.6 Å². The minimum Gasteiger partial charge on any atom is -0.356 e. The third kappa shape index (κ3) is 3.74. The molecule has 6 heteroatoms. The Balaban J connectivity index is 1.71. The summed E-state index contributed by atoms with van der Waals surface area (Å²) in [7, 11) is 1.85. The van der Waals surface area contributed by atoms with E-state index in [9.17, 15) is 4.79 Å². The molecule has 1 aromatic rings. The van der Waals surface area contributed by atoms with Crippen LogP contribution in [0.3, 0.4) is 0 Å². The molecule has 1 atom stereocenters. The number of carbonyl (C=O) groups is 1. The third-order valence-corrected chi connectivity index (χ3v) is 4.96. The van der Waals surface area contributed by atoms with E-state index < -0.39 is 0 Å².